The van der Waals surface area contributed by atoms with Crippen LogP contribution in [-0.2, 0) is 80.5 Å². The van der Waals surface area contributed by atoms with E-state index >= 15 is 0 Å². The van der Waals surface area contributed by atoms with Crippen LogP contribution < -0.4 is 4.74 Å². The highest BCUT2D eigenvalue weighted by molar-refractivity contribution is 5.20. The van der Waals surface area contributed by atoms with Crippen LogP contribution >= 0.6 is 0 Å². The van der Waals surface area contributed by atoms with E-state index < -0.39 is 0 Å². The Kier molecular flexibility index (Phi) is 47.5. The number of aliphatic hydroxyl groups is 1. The van der Waals surface area contributed by atoms with E-state index in [2.05, 4.69) is 6.58 Å². The number of aliphatic hydroxyl groups excluding tert-OH is 1. The molecule has 0 bridgehead atoms. The summed E-state index contributed by atoms with van der Waals surface area (Å²) in [7, 11) is 0. The molecule has 0 aliphatic heterocycles. The molecule has 1 aromatic rings. The molecule has 1 rings (SSSR count). The maximum atomic E-state index is 8.62. The van der Waals surface area contributed by atoms with Gasteiger partial charge >= 0.3 is 0 Å². The highest BCUT2D eigenvalue weighted by Gasteiger charge is 2.16. The van der Waals surface area contributed by atoms with Gasteiger partial charge in [-0.05, 0) is 39.8 Å². The Morgan fingerprint density at radius 1 is 0.373 bits per heavy atom. The fraction of sp³-hybridized carbons (Fsp3) is 0.833. The van der Waals surface area contributed by atoms with Crippen molar-refractivity contribution in [1.29, 1.82) is 0 Å². The van der Waals surface area contributed by atoms with Crippen LogP contribution in [0.3, 0.4) is 0 Å². The van der Waals surface area contributed by atoms with Gasteiger partial charge < -0.3 is 90.4 Å². The van der Waals surface area contributed by atoms with Gasteiger partial charge in [0, 0.05) is 0 Å². The van der Waals surface area contributed by atoms with E-state index in [4.69, 9.17) is 90.4 Å². The van der Waals surface area contributed by atoms with Crippen molar-refractivity contribution >= 4 is 0 Å². The monoisotopic (exact) mass is 969 g/mol. The van der Waals surface area contributed by atoms with Crippen LogP contribution in [0, 0.1) is 0 Å². The maximum absolute atomic E-state index is 8.62. The normalized spacial score (nSPS) is 14.0. The number of benzene rings is 1. The van der Waals surface area contributed by atoms with E-state index in [9.17, 15) is 0 Å². The minimum absolute atomic E-state index is 0.0181. The molecular weight excluding hydrogens is 881 g/mol. The lowest BCUT2D eigenvalue weighted by Crippen LogP contribution is -2.32. The van der Waals surface area contributed by atoms with Crippen molar-refractivity contribution in [2.45, 2.75) is 58.2 Å². The largest absolute Gasteiger partial charge is 0.491 e. The average Bonchev–Trinajstić information content (AvgIpc) is 3.34. The van der Waals surface area contributed by atoms with Crippen molar-refractivity contribution in [3.63, 3.8) is 0 Å². The number of rotatable bonds is 55. The van der Waals surface area contributed by atoms with Gasteiger partial charge in [0.1, 0.15) is 18.5 Å². The van der Waals surface area contributed by atoms with Crippen molar-refractivity contribution < 1.29 is 90.4 Å². The lowest BCUT2D eigenvalue weighted by Gasteiger charge is -2.23. The smallest absolute Gasteiger partial charge is 0.119 e. The Bertz CT molecular complexity index is 1130. The highest BCUT2D eigenvalue weighted by Crippen LogP contribution is 2.10. The van der Waals surface area contributed by atoms with Crippen LogP contribution in [-0.4, -0.2) is 240 Å². The van der Waals surface area contributed by atoms with Crippen molar-refractivity contribution in [3.8, 4) is 5.75 Å². The first-order valence-electron chi connectivity index (χ1n) is 23.8. The first-order chi connectivity index (χ1) is 32.9. The summed E-state index contributed by atoms with van der Waals surface area (Å²) in [5.74, 6) is 0.763. The summed E-state index contributed by atoms with van der Waals surface area (Å²) in [4.78, 5) is 0. The van der Waals surface area contributed by atoms with E-state index in [0.717, 1.165) is 5.75 Å². The molecule has 1 N–H and O–H groups in total. The van der Waals surface area contributed by atoms with Gasteiger partial charge in [0.25, 0.3) is 0 Å². The molecule has 0 amide bonds. The van der Waals surface area contributed by atoms with Crippen LogP contribution in [0.25, 0.3) is 0 Å². The Hall–Kier alpha value is -1.96. The number of para-hydroxylation sites is 1. The minimum atomic E-state index is -0.302. The van der Waals surface area contributed by atoms with Crippen LogP contribution in [0.4, 0.5) is 0 Å². The van der Waals surface area contributed by atoms with Gasteiger partial charge in [-0.25, -0.2) is 0 Å². The molecule has 5 atom stereocenters. The molecule has 0 spiro atoms. The van der Waals surface area contributed by atoms with Crippen molar-refractivity contribution in [2.24, 2.45) is 0 Å². The van der Waals surface area contributed by atoms with Crippen LogP contribution in [0.2, 0.25) is 0 Å². The zero-order valence-corrected chi connectivity index (χ0v) is 41.3. The maximum Gasteiger partial charge on any atom is 0.119 e. The van der Waals surface area contributed by atoms with Crippen LogP contribution in [0.15, 0.2) is 43.0 Å². The summed E-state index contributed by atoms with van der Waals surface area (Å²) in [6.45, 7) is 25.3. The van der Waals surface area contributed by atoms with Gasteiger partial charge in [-0.15, -0.1) is 6.58 Å². The summed E-state index contributed by atoms with van der Waals surface area (Å²) in [6.07, 6.45) is 1.06. The first-order valence-corrected chi connectivity index (χ1v) is 23.8. The third kappa shape index (κ3) is 46.2. The summed E-state index contributed by atoms with van der Waals surface area (Å²) >= 11 is 0. The van der Waals surface area contributed by atoms with Gasteiger partial charge in [0.2, 0.25) is 0 Å². The zero-order valence-electron chi connectivity index (χ0n) is 41.3. The molecule has 1 aromatic carbocycles. The van der Waals surface area contributed by atoms with Gasteiger partial charge in [0.15, 0.2) is 0 Å². The number of hydrogen-bond acceptors (Lipinski definition) is 19. The number of hydrogen-bond donors (Lipinski definition) is 1. The molecule has 0 aliphatic rings. The summed E-state index contributed by atoms with van der Waals surface area (Å²) < 4.78 is 102. The Balaban J connectivity index is 1.94. The average molecular weight is 969 g/mol. The molecule has 67 heavy (non-hydrogen) atoms. The molecule has 0 fully saturated rings. The second kappa shape index (κ2) is 50.4. The molecule has 0 radical (unpaired) electrons. The second-order valence-electron chi connectivity index (χ2n) is 15.0. The van der Waals surface area contributed by atoms with Gasteiger partial charge in [-0.2, -0.15) is 0 Å². The zero-order chi connectivity index (χ0) is 48.4. The molecular formula is C48H88O19. The van der Waals surface area contributed by atoms with Gasteiger partial charge in [-0.1, -0.05) is 24.3 Å². The molecule has 19 heteroatoms. The summed E-state index contributed by atoms with van der Waals surface area (Å²) in [6, 6.07) is 9.62. The fourth-order valence-electron chi connectivity index (χ4n) is 5.17. The van der Waals surface area contributed by atoms with Crippen molar-refractivity contribution in [3.05, 3.63) is 43.0 Å². The van der Waals surface area contributed by atoms with Gasteiger partial charge in [-0.3, -0.25) is 0 Å². The summed E-state index contributed by atoms with van der Waals surface area (Å²) in [5, 5.41) is 8.62. The molecule has 0 aromatic heterocycles. The quantitative estimate of drug-likeness (QED) is 0.0739. The SMILES string of the molecule is C=CCOCC(C)OCC(C)OCC(C)OCC(C)OCC(COc1ccccc1)OCCOCCOCCOCCOCCOCCOCCOCCOCCOCCOCCOCCO. The first kappa shape index (κ1) is 63.1. The third-order valence-corrected chi connectivity index (χ3v) is 8.72. The lowest BCUT2D eigenvalue weighted by molar-refractivity contribution is -0.107. The molecule has 5 unspecified atom stereocenters. The second-order valence-corrected chi connectivity index (χ2v) is 15.0. The van der Waals surface area contributed by atoms with Crippen molar-refractivity contribution in [1.82, 2.24) is 0 Å². The predicted molar refractivity (Wildman–Crippen MR) is 250 cm³/mol. The highest BCUT2D eigenvalue weighted by atomic mass is 16.6. The van der Waals surface area contributed by atoms with E-state index in [-0.39, 0.29) is 37.1 Å². The predicted octanol–water partition coefficient (Wildman–Crippen LogP) is 3.45. The van der Waals surface area contributed by atoms with Crippen LogP contribution in [0.5, 0.6) is 5.75 Å². The third-order valence-electron chi connectivity index (χ3n) is 8.72. The van der Waals surface area contributed by atoms with Crippen LogP contribution in [0.1, 0.15) is 27.7 Å². The fourth-order valence-corrected chi connectivity index (χ4v) is 5.17. The Morgan fingerprint density at radius 3 is 1.03 bits per heavy atom. The topological polar surface area (TPSA) is 186 Å². The Labute approximate surface area is 401 Å². The van der Waals surface area contributed by atoms with E-state index in [1.165, 1.54) is 0 Å². The number of ether oxygens (including phenoxy) is 18. The van der Waals surface area contributed by atoms with Crippen molar-refractivity contribution in [2.75, 3.05) is 205 Å². The standard InChI is InChI=1S/C48H88O19/c1-6-13-61-37-43(2)63-38-44(3)64-39-45(4)65-40-46(5)66-41-48(42-67-47-10-8-7-9-11-47)62-36-35-60-34-33-59-32-31-58-30-29-57-28-27-56-26-25-55-24-23-54-22-21-53-20-19-52-18-17-51-16-15-50-14-12-49/h6-11,43-46,48-49H,1,12-42H2,2-5H3. The molecule has 394 valence electrons. The molecule has 19 nitrogen and oxygen atoms in total. The van der Waals surface area contributed by atoms with E-state index in [1.54, 1.807) is 6.08 Å². The Morgan fingerprint density at radius 2 is 0.687 bits per heavy atom. The van der Waals surface area contributed by atoms with Gasteiger partial charge in [0.05, 0.1) is 223 Å². The minimum Gasteiger partial charge on any atom is -0.491 e. The van der Waals surface area contributed by atoms with E-state index in [1.807, 2.05) is 58.0 Å². The van der Waals surface area contributed by atoms with E-state index in [0.29, 0.717) is 198 Å². The molecule has 0 heterocycles. The molecule has 0 saturated heterocycles. The molecule has 0 aliphatic carbocycles. The summed E-state index contributed by atoms with van der Waals surface area (Å²) in [5.41, 5.74) is 0. The molecule has 0 saturated carbocycles. The lowest BCUT2D eigenvalue weighted by atomic mass is 10.3.